The predicted molar refractivity (Wildman–Crippen MR) is 65.8 cm³/mol. The average molecular weight is 267 g/mol. The summed E-state index contributed by atoms with van der Waals surface area (Å²) in [5, 5.41) is 24.7. The van der Waals surface area contributed by atoms with Crippen molar-refractivity contribution in [3.05, 3.63) is 44.0 Å². The lowest BCUT2D eigenvalue weighted by atomic mass is 10.1. The van der Waals surface area contributed by atoms with Crippen molar-refractivity contribution in [3.8, 4) is 0 Å². The van der Waals surface area contributed by atoms with Crippen LogP contribution in [0.4, 0.5) is 11.4 Å². The van der Waals surface area contributed by atoms with Gasteiger partial charge in [0.05, 0.1) is 22.5 Å². The van der Waals surface area contributed by atoms with E-state index in [0.29, 0.717) is 25.3 Å². The first-order chi connectivity index (χ1) is 9.08. The van der Waals surface area contributed by atoms with E-state index in [2.05, 4.69) is 5.32 Å². The Kier molecular flexibility index (Phi) is 4.03. The summed E-state index contributed by atoms with van der Waals surface area (Å²) in [6.07, 6.45) is 0.862. The smallest absolute Gasteiger partial charge is 0.280 e. The van der Waals surface area contributed by atoms with Crippen molar-refractivity contribution in [2.45, 2.75) is 19.0 Å². The number of nitro groups is 2. The molecule has 1 saturated heterocycles. The molecular formula is C11H13N3O5. The van der Waals surface area contributed by atoms with Crippen LogP contribution < -0.4 is 5.32 Å². The first-order valence-electron chi connectivity index (χ1n) is 5.81. The van der Waals surface area contributed by atoms with Crippen LogP contribution in [0.25, 0.3) is 0 Å². The summed E-state index contributed by atoms with van der Waals surface area (Å²) in [6, 6.07) is 3.85. The highest BCUT2D eigenvalue weighted by Gasteiger charge is 2.21. The summed E-state index contributed by atoms with van der Waals surface area (Å²) in [6.45, 7) is 1.56. The fourth-order valence-electron chi connectivity index (χ4n) is 1.94. The third-order valence-electron chi connectivity index (χ3n) is 2.99. The maximum absolute atomic E-state index is 10.9. The van der Waals surface area contributed by atoms with Crippen LogP contribution in [0.2, 0.25) is 0 Å². The second kappa shape index (κ2) is 5.72. The highest BCUT2D eigenvalue weighted by atomic mass is 16.6. The lowest BCUT2D eigenvalue weighted by molar-refractivity contribution is -0.394. The van der Waals surface area contributed by atoms with Crippen molar-refractivity contribution < 1.29 is 14.6 Å². The van der Waals surface area contributed by atoms with E-state index in [1.807, 2.05) is 0 Å². The van der Waals surface area contributed by atoms with E-state index in [9.17, 15) is 20.2 Å². The molecule has 0 amide bonds. The highest BCUT2D eigenvalue weighted by molar-refractivity contribution is 5.49. The number of hydrogen-bond donors (Lipinski definition) is 1. The minimum Gasteiger partial charge on any atom is -0.380 e. The van der Waals surface area contributed by atoms with Crippen molar-refractivity contribution in [2.24, 2.45) is 0 Å². The molecule has 0 saturated carbocycles. The van der Waals surface area contributed by atoms with E-state index in [4.69, 9.17) is 4.74 Å². The Hall–Kier alpha value is -2.06. The summed E-state index contributed by atoms with van der Waals surface area (Å²) in [7, 11) is 0. The Balaban J connectivity index is 2.14. The molecule has 0 aromatic heterocycles. The summed E-state index contributed by atoms with van der Waals surface area (Å²) >= 11 is 0. The van der Waals surface area contributed by atoms with Gasteiger partial charge >= 0.3 is 0 Å². The minimum absolute atomic E-state index is 0.176. The molecule has 0 aliphatic carbocycles. The van der Waals surface area contributed by atoms with Gasteiger partial charge in [-0.2, -0.15) is 0 Å². The number of benzene rings is 1. The fraction of sp³-hybridized carbons (Fsp3) is 0.455. The van der Waals surface area contributed by atoms with Gasteiger partial charge in [-0.15, -0.1) is 0 Å². The van der Waals surface area contributed by atoms with Gasteiger partial charge in [-0.3, -0.25) is 20.2 Å². The predicted octanol–water partition coefficient (Wildman–Crippen LogP) is 1.38. The van der Waals surface area contributed by atoms with Crippen LogP contribution >= 0.6 is 0 Å². The van der Waals surface area contributed by atoms with Gasteiger partial charge in [0.25, 0.3) is 11.4 Å². The molecular weight excluding hydrogens is 254 g/mol. The molecule has 1 unspecified atom stereocenters. The second-order valence-corrected chi connectivity index (χ2v) is 4.27. The van der Waals surface area contributed by atoms with Gasteiger partial charge in [0.1, 0.15) is 0 Å². The molecule has 2 rings (SSSR count). The summed E-state index contributed by atoms with van der Waals surface area (Å²) < 4.78 is 5.19. The number of nitro benzene ring substituents is 2. The summed E-state index contributed by atoms with van der Waals surface area (Å²) in [5.41, 5.74) is -0.0808. The van der Waals surface area contributed by atoms with Crippen LogP contribution in [0.15, 0.2) is 18.2 Å². The summed E-state index contributed by atoms with van der Waals surface area (Å²) in [5.74, 6) is 0. The van der Waals surface area contributed by atoms with Gasteiger partial charge in [-0.25, -0.2) is 0 Å². The van der Waals surface area contributed by atoms with E-state index in [-0.39, 0.29) is 17.4 Å². The van der Waals surface area contributed by atoms with Gasteiger partial charge in [-0.1, -0.05) is 0 Å². The van der Waals surface area contributed by atoms with Crippen molar-refractivity contribution in [3.63, 3.8) is 0 Å². The topological polar surface area (TPSA) is 108 Å². The Labute approximate surface area is 108 Å². The molecule has 8 heteroatoms. The summed E-state index contributed by atoms with van der Waals surface area (Å²) in [4.78, 5) is 20.3. The molecule has 1 aliphatic heterocycles. The number of nitrogens with one attached hydrogen (secondary N) is 1. The van der Waals surface area contributed by atoms with E-state index < -0.39 is 9.85 Å². The number of non-ortho nitro benzene ring substituents is 1. The maximum Gasteiger partial charge on any atom is 0.280 e. The number of rotatable bonds is 5. The zero-order valence-electron chi connectivity index (χ0n) is 10.1. The van der Waals surface area contributed by atoms with E-state index >= 15 is 0 Å². The third kappa shape index (κ3) is 3.24. The van der Waals surface area contributed by atoms with Gasteiger partial charge in [-0.05, 0) is 12.5 Å². The molecule has 1 aliphatic rings. The van der Waals surface area contributed by atoms with Gasteiger partial charge in [0.15, 0.2) is 0 Å². The molecule has 1 fully saturated rings. The molecule has 0 radical (unpaired) electrons. The van der Waals surface area contributed by atoms with Crippen molar-refractivity contribution >= 4 is 11.4 Å². The molecule has 0 bridgehead atoms. The lowest BCUT2D eigenvalue weighted by Crippen LogP contribution is -2.28. The largest absolute Gasteiger partial charge is 0.380 e. The number of hydrogen-bond acceptors (Lipinski definition) is 6. The van der Waals surface area contributed by atoms with Gasteiger partial charge in [0, 0.05) is 30.8 Å². The van der Waals surface area contributed by atoms with Crippen LogP contribution in [-0.2, 0) is 11.3 Å². The van der Waals surface area contributed by atoms with E-state index in [1.165, 1.54) is 12.1 Å². The zero-order chi connectivity index (χ0) is 13.8. The maximum atomic E-state index is 10.9. The average Bonchev–Trinajstić information content (AvgIpc) is 2.89. The molecule has 1 atom stereocenters. The van der Waals surface area contributed by atoms with E-state index in [1.54, 1.807) is 0 Å². The second-order valence-electron chi connectivity index (χ2n) is 4.27. The fourth-order valence-corrected chi connectivity index (χ4v) is 1.94. The van der Waals surface area contributed by atoms with Gasteiger partial charge < -0.3 is 10.1 Å². The monoisotopic (exact) mass is 267 g/mol. The van der Waals surface area contributed by atoms with Crippen LogP contribution in [0.5, 0.6) is 0 Å². The molecule has 1 heterocycles. The molecule has 1 aromatic carbocycles. The van der Waals surface area contributed by atoms with Crippen LogP contribution in [0, 0.1) is 20.2 Å². The Bertz CT molecular complexity index is 499. The van der Waals surface area contributed by atoms with Crippen molar-refractivity contribution in [2.75, 3.05) is 13.2 Å². The first kappa shape index (κ1) is 13.4. The third-order valence-corrected chi connectivity index (χ3v) is 2.99. The van der Waals surface area contributed by atoms with Crippen molar-refractivity contribution in [1.29, 1.82) is 0 Å². The van der Waals surface area contributed by atoms with Crippen molar-refractivity contribution in [1.82, 2.24) is 5.32 Å². The molecule has 8 nitrogen and oxygen atoms in total. The number of nitrogens with zero attached hydrogens (tertiary/aromatic N) is 2. The number of ether oxygens (including phenoxy) is 1. The Morgan fingerprint density at radius 1 is 1.32 bits per heavy atom. The minimum atomic E-state index is -0.644. The van der Waals surface area contributed by atoms with Crippen LogP contribution in [0.3, 0.4) is 0 Å². The molecule has 102 valence electrons. The normalized spacial score (nSPS) is 18.4. The van der Waals surface area contributed by atoms with Crippen LogP contribution in [0.1, 0.15) is 12.0 Å². The van der Waals surface area contributed by atoms with E-state index in [0.717, 1.165) is 12.5 Å². The molecule has 1 N–H and O–H groups in total. The highest BCUT2D eigenvalue weighted by Crippen LogP contribution is 2.24. The SMILES string of the molecule is O=[N+]([O-])c1ccc(CNC2CCOC2)c([N+](=O)[O-])c1. The Morgan fingerprint density at radius 2 is 2.11 bits per heavy atom. The Morgan fingerprint density at radius 3 is 2.68 bits per heavy atom. The quantitative estimate of drug-likeness (QED) is 0.637. The standard InChI is InChI=1S/C11H13N3O5/c15-13(16)10-2-1-8(11(5-10)14(17)18)6-12-9-3-4-19-7-9/h1-2,5,9,12H,3-4,6-7H2. The molecule has 19 heavy (non-hydrogen) atoms. The molecule has 0 spiro atoms. The first-order valence-corrected chi connectivity index (χ1v) is 5.81. The lowest BCUT2D eigenvalue weighted by Gasteiger charge is -2.10. The zero-order valence-corrected chi connectivity index (χ0v) is 10.1. The van der Waals surface area contributed by atoms with Crippen LogP contribution in [-0.4, -0.2) is 29.1 Å². The molecule has 1 aromatic rings. The van der Waals surface area contributed by atoms with Gasteiger partial charge in [0.2, 0.25) is 0 Å².